The molecule has 0 aliphatic carbocycles. The van der Waals surface area contributed by atoms with Crippen LogP contribution in [-0.2, 0) is 16.6 Å². The molecule has 1 fully saturated rings. The van der Waals surface area contributed by atoms with Crippen LogP contribution in [0.25, 0.3) is 0 Å². The van der Waals surface area contributed by atoms with Gasteiger partial charge in [-0.1, -0.05) is 12.1 Å². The van der Waals surface area contributed by atoms with Gasteiger partial charge in [0.25, 0.3) is 5.91 Å². The average Bonchev–Trinajstić information content (AvgIpc) is 3.21. The Hall–Kier alpha value is -2.39. The van der Waals surface area contributed by atoms with Gasteiger partial charge in [0.15, 0.2) is 0 Å². The predicted octanol–water partition coefficient (Wildman–Crippen LogP) is 1.17. The number of sulfonamides is 1. The van der Waals surface area contributed by atoms with Crippen molar-refractivity contribution in [1.82, 2.24) is 19.4 Å². The zero-order chi connectivity index (χ0) is 19.2. The Balaban J connectivity index is 1.54. The van der Waals surface area contributed by atoms with Crippen molar-refractivity contribution in [2.24, 2.45) is 0 Å². The maximum atomic E-state index is 13.0. The highest BCUT2D eigenvalue weighted by Gasteiger charge is 2.44. The number of carbonyl (C=O) groups excluding carboxylic acids is 1. The highest BCUT2D eigenvalue weighted by molar-refractivity contribution is 7.89. The molecule has 2 atom stereocenters. The summed E-state index contributed by atoms with van der Waals surface area (Å²) in [4.78, 5) is 12.8. The molecule has 1 amide bonds. The summed E-state index contributed by atoms with van der Waals surface area (Å²) >= 11 is 0. The van der Waals surface area contributed by atoms with E-state index >= 15 is 0 Å². The second-order valence-corrected chi connectivity index (χ2v) is 8.74. The van der Waals surface area contributed by atoms with Crippen molar-refractivity contribution >= 4 is 15.9 Å². The minimum absolute atomic E-state index is 0.180. The summed E-state index contributed by atoms with van der Waals surface area (Å²) < 4.78 is 34.9. The molecule has 2 aliphatic heterocycles. The van der Waals surface area contributed by atoms with Gasteiger partial charge in [0, 0.05) is 19.1 Å². The van der Waals surface area contributed by atoms with E-state index in [-0.39, 0.29) is 36.0 Å². The molecule has 4 rings (SSSR count). The number of aromatic nitrogens is 2. The molecule has 2 aliphatic rings. The van der Waals surface area contributed by atoms with Crippen LogP contribution in [0.2, 0.25) is 0 Å². The number of ether oxygens (including phenoxy) is 1. The molecule has 1 saturated heterocycles. The highest BCUT2D eigenvalue weighted by Crippen LogP contribution is 2.35. The monoisotopic (exact) mass is 390 g/mol. The molecule has 8 nitrogen and oxygen atoms in total. The number of nitrogens with zero attached hydrogens (tertiary/aromatic N) is 3. The lowest BCUT2D eigenvalue weighted by Gasteiger charge is -2.19. The largest absolute Gasteiger partial charge is 0.490 e. The number of para-hydroxylation sites is 1. The molecule has 27 heavy (non-hydrogen) atoms. The Morgan fingerprint density at radius 1 is 1.37 bits per heavy atom. The van der Waals surface area contributed by atoms with Crippen molar-refractivity contribution in [3.05, 3.63) is 41.7 Å². The number of benzene rings is 1. The number of hydrogen-bond donors (Lipinski definition) is 1. The first-order valence-corrected chi connectivity index (χ1v) is 10.4. The Bertz CT molecular complexity index is 985. The topological polar surface area (TPSA) is 93.5 Å². The Kier molecular flexibility index (Phi) is 4.43. The quantitative estimate of drug-likeness (QED) is 0.849. The van der Waals surface area contributed by atoms with E-state index in [0.717, 1.165) is 5.69 Å². The van der Waals surface area contributed by atoms with E-state index in [2.05, 4.69) is 10.4 Å². The van der Waals surface area contributed by atoms with Gasteiger partial charge in [-0.15, -0.1) is 0 Å². The number of fused-ring (bicyclic) bond motifs is 2. The van der Waals surface area contributed by atoms with E-state index in [1.165, 1.54) is 4.31 Å². The third-order valence-electron chi connectivity index (χ3n) is 5.00. The fourth-order valence-electron chi connectivity index (χ4n) is 3.76. The first-order chi connectivity index (χ1) is 12.9. The van der Waals surface area contributed by atoms with Gasteiger partial charge in [-0.05, 0) is 38.5 Å². The normalized spacial score (nSPS) is 23.8. The number of hydrogen-bond acceptors (Lipinski definition) is 5. The summed E-state index contributed by atoms with van der Waals surface area (Å²) in [6.07, 6.45) is 0.512. The van der Waals surface area contributed by atoms with Gasteiger partial charge in [-0.3, -0.25) is 9.48 Å². The van der Waals surface area contributed by atoms with E-state index < -0.39 is 10.0 Å². The SMILES string of the molecule is CCn1nc(C)cc1C(=O)N[C@H]1C[C@H]2COc3ccccc3S(=O)(=O)N2C1. The van der Waals surface area contributed by atoms with Crippen LogP contribution in [-0.4, -0.2) is 53.6 Å². The molecule has 144 valence electrons. The van der Waals surface area contributed by atoms with Crippen molar-refractivity contribution in [3.63, 3.8) is 0 Å². The number of rotatable bonds is 3. The standard InChI is InChI=1S/C18H22N4O4S/c1-3-21-15(8-12(2)20-21)18(23)19-13-9-14-11-26-16-6-4-5-7-17(16)27(24,25)22(14)10-13/h4-8,13-14H,3,9-11H2,1-2H3,(H,19,23)/t13-,14-/m0/s1. The van der Waals surface area contributed by atoms with Crippen LogP contribution in [0, 0.1) is 6.92 Å². The van der Waals surface area contributed by atoms with Gasteiger partial charge in [-0.25, -0.2) is 8.42 Å². The third-order valence-corrected chi connectivity index (χ3v) is 6.96. The van der Waals surface area contributed by atoms with Crippen LogP contribution in [0.5, 0.6) is 5.75 Å². The zero-order valence-electron chi connectivity index (χ0n) is 15.3. The molecule has 9 heteroatoms. The van der Waals surface area contributed by atoms with Crippen LogP contribution in [0.3, 0.4) is 0 Å². The zero-order valence-corrected chi connectivity index (χ0v) is 16.1. The fraction of sp³-hybridized carbons (Fsp3) is 0.444. The van der Waals surface area contributed by atoms with Crippen molar-refractivity contribution in [2.75, 3.05) is 13.2 Å². The summed E-state index contributed by atoms with van der Waals surface area (Å²) in [5.41, 5.74) is 1.26. The van der Waals surface area contributed by atoms with Crippen molar-refractivity contribution < 1.29 is 17.9 Å². The van der Waals surface area contributed by atoms with Crippen molar-refractivity contribution in [2.45, 2.75) is 43.8 Å². The third kappa shape index (κ3) is 3.10. The first kappa shape index (κ1) is 18.0. The fourth-order valence-corrected chi connectivity index (χ4v) is 5.56. The summed E-state index contributed by atoms with van der Waals surface area (Å²) in [7, 11) is -3.66. The smallest absolute Gasteiger partial charge is 0.269 e. The molecular weight excluding hydrogens is 368 g/mol. The first-order valence-electron chi connectivity index (χ1n) is 8.99. The number of carbonyl (C=O) groups is 1. The average molecular weight is 390 g/mol. The molecule has 1 N–H and O–H groups in total. The van der Waals surface area contributed by atoms with Crippen LogP contribution >= 0.6 is 0 Å². The van der Waals surface area contributed by atoms with Crippen LogP contribution in [0.15, 0.2) is 35.2 Å². The molecule has 2 aromatic rings. The van der Waals surface area contributed by atoms with E-state index in [0.29, 0.717) is 24.4 Å². The van der Waals surface area contributed by atoms with Gasteiger partial charge in [-0.2, -0.15) is 9.40 Å². The van der Waals surface area contributed by atoms with Gasteiger partial charge in [0.1, 0.15) is 22.9 Å². The number of nitrogens with one attached hydrogen (secondary N) is 1. The van der Waals surface area contributed by atoms with Gasteiger partial charge < -0.3 is 10.1 Å². The number of aryl methyl sites for hydroxylation is 2. The Labute approximate surface area is 158 Å². The lowest BCUT2D eigenvalue weighted by atomic mass is 10.2. The van der Waals surface area contributed by atoms with Crippen LogP contribution in [0.1, 0.15) is 29.5 Å². The summed E-state index contributed by atoms with van der Waals surface area (Å²) in [5, 5.41) is 7.25. The van der Waals surface area contributed by atoms with E-state index in [1.54, 1.807) is 35.0 Å². The summed E-state index contributed by atoms with van der Waals surface area (Å²) in [6.45, 7) is 4.85. The molecule has 0 unspecified atom stereocenters. The molecule has 0 bridgehead atoms. The summed E-state index contributed by atoms with van der Waals surface area (Å²) in [6, 6.07) is 7.83. The predicted molar refractivity (Wildman–Crippen MR) is 98.1 cm³/mol. The molecular formula is C18H22N4O4S. The van der Waals surface area contributed by atoms with E-state index in [9.17, 15) is 13.2 Å². The van der Waals surface area contributed by atoms with Gasteiger partial charge >= 0.3 is 0 Å². The highest BCUT2D eigenvalue weighted by atomic mass is 32.2. The lowest BCUT2D eigenvalue weighted by molar-refractivity contribution is 0.0927. The minimum Gasteiger partial charge on any atom is -0.490 e. The summed E-state index contributed by atoms with van der Waals surface area (Å²) in [5.74, 6) is 0.147. The van der Waals surface area contributed by atoms with Crippen LogP contribution < -0.4 is 10.1 Å². The van der Waals surface area contributed by atoms with Gasteiger partial charge in [0.05, 0.1) is 11.7 Å². The van der Waals surface area contributed by atoms with Gasteiger partial charge in [0.2, 0.25) is 10.0 Å². The van der Waals surface area contributed by atoms with Crippen molar-refractivity contribution in [3.8, 4) is 5.75 Å². The molecule has 0 spiro atoms. The minimum atomic E-state index is -3.66. The van der Waals surface area contributed by atoms with E-state index in [4.69, 9.17) is 4.74 Å². The molecule has 1 aromatic carbocycles. The second-order valence-electron chi connectivity index (χ2n) is 6.88. The molecule has 0 saturated carbocycles. The van der Waals surface area contributed by atoms with E-state index in [1.807, 2.05) is 13.8 Å². The lowest BCUT2D eigenvalue weighted by Crippen LogP contribution is -2.40. The Morgan fingerprint density at radius 3 is 2.93 bits per heavy atom. The number of amides is 1. The maximum absolute atomic E-state index is 13.0. The second kappa shape index (κ2) is 6.65. The van der Waals surface area contributed by atoms with Crippen LogP contribution in [0.4, 0.5) is 0 Å². The molecule has 1 aromatic heterocycles. The maximum Gasteiger partial charge on any atom is 0.269 e. The molecule has 3 heterocycles. The Morgan fingerprint density at radius 2 is 2.15 bits per heavy atom. The van der Waals surface area contributed by atoms with Crippen molar-refractivity contribution in [1.29, 1.82) is 0 Å². The molecule has 0 radical (unpaired) electrons.